The SMILES string of the molecule is O=C(COCC(F)(F)F)N1CC2CNCC2C1. The van der Waals surface area contributed by atoms with Gasteiger partial charge in [0.25, 0.3) is 0 Å². The molecule has 2 fully saturated rings. The number of amides is 1. The van der Waals surface area contributed by atoms with Crippen LogP contribution in [0.1, 0.15) is 0 Å². The standard InChI is InChI=1S/C10H15F3N2O2/c11-10(12,13)6-17-5-9(16)15-3-7-1-14-2-8(7)4-15/h7-8,14H,1-6H2. The van der Waals surface area contributed by atoms with E-state index in [9.17, 15) is 18.0 Å². The third-order valence-electron chi connectivity index (χ3n) is 3.23. The number of fused-ring (bicyclic) bond motifs is 1. The lowest BCUT2D eigenvalue weighted by Crippen LogP contribution is -2.35. The van der Waals surface area contributed by atoms with E-state index in [4.69, 9.17) is 0 Å². The second-order valence-electron chi connectivity index (χ2n) is 4.59. The van der Waals surface area contributed by atoms with E-state index in [-0.39, 0.29) is 5.91 Å². The van der Waals surface area contributed by atoms with E-state index in [0.717, 1.165) is 13.1 Å². The largest absolute Gasteiger partial charge is 0.411 e. The zero-order chi connectivity index (χ0) is 12.5. The first kappa shape index (κ1) is 12.6. The van der Waals surface area contributed by atoms with E-state index < -0.39 is 19.4 Å². The van der Waals surface area contributed by atoms with Gasteiger partial charge >= 0.3 is 6.18 Å². The average molecular weight is 252 g/mol. The van der Waals surface area contributed by atoms with Gasteiger partial charge in [-0.2, -0.15) is 13.2 Å². The molecule has 2 saturated heterocycles. The minimum atomic E-state index is -4.37. The second-order valence-corrected chi connectivity index (χ2v) is 4.59. The average Bonchev–Trinajstić information content (AvgIpc) is 2.73. The molecule has 2 atom stereocenters. The Hall–Kier alpha value is -0.820. The molecule has 0 radical (unpaired) electrons. The number of alkyl halides is 3. The lowest BCUT2D eigenvalue weighted by molar-refractivity contribution is -0.177. The summed E-state index contributed by atoms with van der Waals surface area (Å²) < 4.78 is 39.8. The summed E-state index contributed by atoms with van der Waals surface area (Å²) in [5, 5.41) is 3.23. The van der Waals surface area contributed by atoms with Crippen LogP contribution in [-0.2, 0) is 9.53 Å². The maximum absolute atomic E-state index is 11.8. The van der Waals surface area contributed by atoms with E-state index in [2.05, 4.69) is 10.1 Å². The molecule has 0 aromatic rings. The van der Waals surface area contributed by atoms with Crippen LogP contribution < -0.4 is 5.32 Å². The summed E-state index contributed by atoms with van der Waals surface area (Å²) in [6.45, 7) is 1.20. The van der Waals surface area contributed by atoms with E-state index >= 15 is 0 Å². The van der Waals surface area contributed by atoms with Crippen LogP contribution >= 0.6 is 0 Å². The summed E-state index contributed by atoms with van der Waals surface area (Å²) in [4.78, 5) is 13.2. The van der Waals surface area contributed by atoms with Gasteiger partial charge in [0.05, 0.1) is 0 Å². The third kappa shape index (κ3) is 3.32. The number of nitrogens with one attached hydrogen (secondary N) is 1. The van der Waals surface area contributed by atoms with Crippen LogP contribution in [0.4, 0.5) is 13.2 Å². The van der Waals surface area contributed by atoms with Gasteiger partial charge in [0.1, 0.15) is 13.2 Å². The van der Waals surface area contributed by atoms with E-state index in [1.54, 1.807) is 4.90 Å². The van der Waals surface area contributed by atoms with Crippen LogP contribution in [0.5, 0.6) is 0 Å². The van der Waals surface area contributed by atoms with Crippen LogP contribution in [0.2, 0.25) is 0 Å². The van der Waals surface area contributed by atoms with Crippen molar-refractivity contribution in [2.75, 3.05) is 39.4 Å². The molecule has 17 heavy (non-hydrogen) atoms. The van der Waals surface area contributed by atoms with Gasteiger partial charge in [-0.05, 0) is 11.8 Å². The van der Waals surface area contributed by atoms with E-state index in [0.29, 0.717) is 24.9 Å². The van der Waals surface area contributed by atoms with Gasteiger partial charge in [-0.15, -0.1) is 0 Å². The lowest BCUT2D eigenvalue weighted by atomic mass is 10.0. The fourth-order valence-electron chi connectivity index (χ4n) is 2.40. The van der Waals surface area contributed by atoms with Crippen LogP contribution in [-0.4, -0.2) is 56.4 Å². The molecular formula is C10H15F3N2O2. The molecular weight excluding hydrogens is 237 g/mol. The molecule has 0 saturated carbocycles. The first-order valence-corrected chi connectivity index (χ1v) is 5.59. The molecule has 0 aromatic heterocycles. The van der Waals surface area contributed by atoms with Crippen molar-refractivity contribution in [1.29, 1.82) is 0 Å². The molecule has 2 aliphatic heterocycles. The number of nitrogens with zero attached hydrogens (tertiary/aromatic N) is 1. The molecule has 1 amide bonds. The number of likely N-dealkylation sites (tertiary alicyclic amines) is 1. The van der Waals surface area contributed by atoms with Crippen molar-refractivity contribution in [3.8, 4) is 0 Å². The highest BCUT2D eigenvalue weighted by Gasteiger charge is 2.38. The minimum absolute atomic E-state index is 0.344. The van der Waals surface area contributed by atoms with Gasteiger partial charge in [-0.1, -0.05) is 0 Å². The Morgan fingerprint density at radius 1 is 1.29 bits per heavy atom. The molecule has 0 aliphatic carbocycles. The van der Waals surface area contributed by atoms with Crippen molar-refractivity contribution in [2.24, 2.45) is 11.8 Å². The molecule has 0 bridgehead atoms. The zero-order valence-corrected chi connectivity index (χ0v) is 9.29. The molecule has 2 rings (SSSR count). The van der Waals surface area contributed by atoms with Crippen LogP contribution in [0.25, 0.3) is 0 Å². The van der Waals surface area contributed by atoms with Crippen molar-refractivity contribution < 1.29 is 22.7 Å². The summed E-state index contributed by atoms with van der Waals surface area (Å²) in [6.07, 6.45) is -4.37. The number of hydrogen-bond acceptors (Lipinski definition) is 3. The van der Waals surface area contributed by atoms with Gasteiger partial charge in [0.2, 0.25) is 5.91 Å². The van der Waals surface area contributed by atoms with Gasteiger partial charge in [0.15, 0.2) is 0 Å². The Balaban J connectivity index is 1.71. The van der Waals surface area contributed by atoms with E-state index in [1.165, 1.54) is 0 Å². The minimum Gasteiger partial charge on any atom is -0.362 e. The van der Waals surface area contributed by atoms with Gasteiger partial charge < -0.3 is 15.0 Å². The number of carbonyl (C=O) groups excluding carboxylic acids is 1. The number of ether oxygens (including phenoxy) is 1. The van der Waals surface area contributed by atoms with Crippen molar-refractivity contribution in [3.05, 3.63) is 0 Å². The molecule has 0 aromatic carbocycles. The topological polar surface area (TPSA) is 41.6 Å². The maximum Gasteiger partial charge on any atom is 0.411 e. The molecule has 2 heterocycles. The first-order valence-electron chi connectivity index (χ1n) is 5.59. The lowest BCUT2D eigenvalue weighted by Gasteiger charge is -2.17. The smallest absolute Gasteiger partial charge is 0.362 e. The Labute approximate surface area is 97.1 Å². The van der Waals surface area contributed by atoms with Crippen molar-refractivity contribution >= 4 is 5.91 Å². The van der Waals surface area contributed by atoms with Crippen molar-refractivity contribution in [3.63, 3.8) is 0 Å². The molecule has 2 unspecified atom stereocenters. The van der Waals surface area contributed by atoms with Crippen molar-refractivity contribution in [2.45, 2.75) is 6.18 Å². The fourth-order valence-corrected chi connectivity index (χ4v) is 2.40. The first-order chi connectivity index (χ1) is 7.96. The predicted octanol–water partition coefficient (Wildman–Crippen LogP) is 0.243. The Kier molecular flexibility index (Phi) is 3.58. The third-order valence-corrected chi connectivity index (χ3v) is 3.23. The number of carbonyl (C=O) groups is 1. The summed E-state index contributed by atoms with van der Waals surface area (Å²) in [7, 11) is 0. The predicted molar refractivity (Wildman–Crippen MR) is 53.3 cm³/mol. The second kappa shape index (κ2) is 4.81. The molecule has 4 nitrogen and oxygen atoms in total. The van der Waals surface area contributed by atoms with Gasteiger partial charge in [-0.3, -0.25) is 4.79 Å². The maximum atomic E-state index is 11.8. The summed E-state index contributed by atoms with van der Waals surface area (Å²) >= 11 is 0. The van der Waals surface area contributed by atoms with Gasteiger partial charge in [-0.25, -0.2) is 0 Å². The van der Waals surface area contributed by atoms with Crippen molar-refractivity contribution in [1.82, 2.24) is 10.2 Å². The number of rotatable bonds is 3. The highest BCUT2D eigenvalue weighted by molar-refractivity contribution is 5.77. The number of hydrogen-bond donors (Lipinski definition) is 1. The molecule has 2 aliphatic rings. The van der Waals surface area contributed by atoms with Gasteiger partial charge in [0, 0.05) is 26.2 Å². The molecule has 0 spiro atoms. The summed E-state index contributed by atoms with van der Waals surface area (Å²) in [5.74, 6) is 0.548. The summed E-state index contributed by atoms with van der Waals surface area (Å²) in [6, 6.07) is 0. The Bertz CT molecular complexity index is 284. The molecule has 1 N–H and O–H groups in total. The van der Waals surface area contributed by atoms with Crippen LogP contribution in [0.3, 0.4) is 0 Å². The number of halogens is 3. The Morgan fingerprint density at radius 3 is 2.41 bits per heavy atom. The summed E-state index contributed by atoms with van der Waals surface area (Å²) in [5.41, 5.74) is 0. The van der Waals surface area contributed by atoms with Crippen LogP contribution in [0.15, 0.2) is 0 Å². The molecule has 7 heteroatoms. The Morgan fingerprint density at radius 2 is 1.88 bits per heavy atom. The molecule has 98 valence electrons. The van der Waals surface area contributed by atoms with Crippen LogP contribution in [0, 0.1) is 11.8 Å². The quantitative estimate of drug-likeness (QED) is 0.782. The zero-order valence-electron chi connectivity index (χ0n) is 9.29. The van der Waals surface area contributed by atoms with E-state index in [1.807, 2.05) is 0 Å². The highest BCUT2D eigenvalue weighted by atomic mass is 19.4. The monoisotopic (exact) mass is 252 g/mol. The highest BCUT2D eigenvalue weighted by Crippen LogP contribution is 2.26. The normalized spacial score (nSPS) is 28.5. The fraction of sp³-hybridized carbons (Fsp3) is 0.900.